The van der Waals surface area contributed by atoms with Gasteiger partial charge in [0.1, 0.15) is 12.2 Å². The van der Waals surface area contributed by atoms with Crippen LogP contribution in [-0.2, 0) is 10.2 Å². The normalized spacial score (nSPS) is 21.3. The Labute approximate surface area is 152 Å². The molecule has 1 unspecified atom stereocenters. The van der Waals surface area contributed by atoms with Crippen LogP contribution in [0.25, 0.3) is 0 Å². The van der Waals surface area contributed by atoms with Gasteiger partial charge in [0.25, 0.3) is 5.89 Å². The monoisotopic (exact) mass is 370 g/mol. The lowest BCUT2D eigenvalue weighted by atomic mass is 9.97. The van der Waals surface area contributed by atoms with Crippen LogP contribution >= 0.6 is 0 Å². The molecule has 0 aliphatic carbocycles. The highest BCUT2D eigenvalue weighted by Gasteiger charge is 2.42. The number of alkyl halides is 1. The fourth-order valence-electron chi connectivity index (χ4n) is 2.55. The molecule has 2 atom stereocenters. The van der Waals surface area contributed by atoms with E-state index in [1.165, 1.54) is 4.90 Å². The number of amides is 1. The maximum Gasteiger partial charge on any atom is 0.286 e. The van der Waals surface area contributed by atoms with E-state index in [1.807, 2.05) is 20.8 Å². The predicted molar refractivity (Wildman–Crippen MR) is 91.5 cm³/mol. The predicted octanol–water partition coefficient (Wildman–Crippen LogP) is 0.849. The van der Waals surface area contributed by atoms with Gasteiger partial charge in [0.15, 0.2) is 0 Å². The van der Waals surface area contributed by atoms with Gasteiger partial charge in [0.2, 0.25) is 17.6 Å². The molecule has 26 heavy (non-hydrogen) atoms. The van der Waals surface area contributed by atoms with Crippen molar-refractivity contribution in [3.05, 3.63) is 11.8 Å². The minimum atomic E-state index is -1.29. The van der Waals surface area contributed by atoms with Gasteiger partial charge in [-0.15, -0.1) is 10.2 Å². The third kappa shape index (κ3) is 4.64. The molecule has 0 aromatic carbocycles. The van der Waals surface area contributed by atoms with Gasteiger partial charge in [0, 0.05) is 17.4 Å². The molecule has 8 nitrogen and oxygen atoms in total. The van der Waals surface area contributed by atoms with Gasteiger partial charge >= 0.3 is 0 Å². The molecular weight excluding hydrogens is 343 g/mol. The molecule has 1 aromatic heterocycles. The van der Waals surface area contributed by atoms with Gasteiger partial charge in [-0.1, -0.05) is 20.8 Å². The number of aliphatic hydroxyl groups excluding tert-OH is 1. The first-order chi connectivity index (χ1) is 11.9. The minimum Gasteiger partial charge on any atom is -0.418 e. The summed E-state index contributed by atoms with van der Waals surface area (Å²) in [7, 11) is 0. The molecule has 1 saturated heterocycles. The van der Waals surface area contributed by atoms with Gasteiger partial charge in [-0.05, 0) is 13.8 Å². The highest BCUT2D eigenvalue weighted by molar-refractivity contribution is 5.99. The van der Waals surface area contributed by atoms with E-state index >= 15 is 0 Å². The first-order valence-electron chi connectivity index (χ1n) is 8.62. The number of likely N-dealkylation sites (tertiary alicyclic amines) is 1. The Morgan fingerprint density at radius 2 is 1.96 bits per heavy atom. The Hall–Kier alpha value is -1.87. The largest absolute Gasteiger partial charge is 0.418 e. The van der Waals surface area contributed by atoms with Gasteiger partial charge < -0.3 is 19.7 Å². The maximum atomic E-state index is 13.9. The summed E-state index contributed by atoms with van der Waals surface area (Å²) >= 11 is 0. The molecule has 1 aliphatic heterocycles. The molecule has 146 valence electrons. The molecule has 1 amide bonds. The van der Waals surface area contributed by atoms with Crippen LogP contribution in [0.5, 0.6) is 0 Å². The number of hydrogen-bond donors (Lipinski definition) is 2. The number of carbonyl (C=O) groups is 2. The molecule has 0 spiro atoms. The second-order valence-electron chi connectivity index (χ2n) is 8.32. The van der Waals surface area contributed by atoms with Crippen LogP contribution in [0.15, 0.2) is 4.42 Å². The summed E-state index contributed by atoms with van der Waals surface area (Å²) in [5, 5.41) is 19.8. The fraction of sp³-hybridized carbons (Fsp3) is 0.765. The third-order valence-electron chi connectivity index (χ3n) is 4.26. The molecule has 0 radical (unpaired) electrons. The average molecular weight is 370 g/mol. The second-order valence-corrected chi connectivity index (χ2v) is 8.32. The fourth-order valence-corrected chi connectivity index (χ4v) is 2.55. The van der Waals surface area contributed by atoms with Crippen LogP contribution in [0.4, 0.5) is 4.39 Å². The Bertz CT molecular complexity index is 668. The zero-order valence-electron chi connectivity index (χ0n) is 15.9. The van der Waals surface area contributed by atoms with E-state index < -0.39 is 34.9 Å². The number of rotatable bonds is 6. The zero-order valence-corrected chi connectivity index (χ0v) is 15.9. The quantitative estimate of drug-likeness (QED) is 0.715. The summed E-state index contributed by atoms with van der Waals surface area (Å²) in [6, 6.07) is -0.968. The number of nitrogens with one attached hydrogen (secondary N) is 1. The number of halogens is 1. The van der Waals surface area contributed by atoms with E-state index in [1.54, 1.807) is 13.8 Å². The smallest absolute Gasteiger partial charge is 0.286 e. The molecule has 0 saturated carbocycles. The van der Waals surface area contributed by atoms with Crippen LogP contribution in [0, 0.1) is 0 Å². The molecule has 9 heteroatoms. The Kier molecular flexibility index (Phi) is 5.82. The van der Waals surface area contributed by atoms with Gasteiger partial charge in [-0.2, -0.15) is 0 Å². The van der Waals surface area contributed by atoms with Gasteiger partial charge in [-0.3, -0.25) is 9.59 Å². The second kappa shape index (κ2) is 7.40. The van der Waals surface area contributed by atoms with Crippen molar-refractivity contribution in [2.24, 2.45) is 0 Å². The summed E-state index contributed by atoms with van der Waals surface area (Å²) in [4.78, 5) is 26.4. The Morgan fingerprint density at radius 3 is 2.50 bits per heavy atom. The van der Waals surface area contributed by atoms with Gasteiger partial charge in [0.05, 0.1) is 19.7 Å². The topological polar surface area (TPSA) is 109 Å². The van der Waals surface area contributed by atoms with E-state index in [0.717, 1.165) is 0 Å². The number of nitrogens with zero attached hydrogens (tertiary/aromatic N) is 3. The number of aromatic nitrogens is 2. The molecule has 1 aromatic rings. The number of aliphatic hydroxyl groups is 1. The molecule has 1 aliphatic rings. The molecule has 2 rings (SSSR count). The van der Waals surface area contributed by atoms with Crippen molar-refractivity contribution in [3.8, 4) is 0 Å². The van der Waals surface area contributed by atoms with Crippen LogP contribution in [-0.4, -0.2) is 69.3 Å². The molecular formula is C17H27FN4O4. The summed E-state index contributed by atoms with van der Waals surface area (Å²) in [6.45, 7) is 8.64. The van der Waals surface area contributed by atoms with Crippen molar-refractivity contribution in [3.63, 3.8) is 0 Å². The zero-order chi connectivity index (χ0) is 19.7. The van der Waals surface area contributed by atoms with Crippen LogP contribution < -0.4 is 5.32 Å². The highest BCUT2D eigenvalue weighted by atomic mass is 19.1. The van der Waals surface area contributed by atoms with E-state index in [0.29, 0.717) is 5.89 Å². The number of ketones is 1. The lowest BCUT2D eigenvalue weighted by Crippen LogP contribution is -2.50. The Balaban J connectivity index is 2.12. The van der Waals surface area contributed by atoms with E-state index in [2.05, 4.69) is 15.5 Å². The molecule has 0 bridgehead atoms. The molecule has 2 heterocycles. The van der Waals surface area contributed by atoms with E-state index in [4.69, 9.17) is 4.42 Å². The van der Waals surface area contributed by atoms with Crippen molar-refractivity contribution >= 4 is 11.7 Å². The third-order valence-corrected chi connectivity index (χ3v) is 4.26. The Morgan fingerprint density at radius 1 is 1.31 bits per heavy atom. The van der Waals surface area contributed by atoms with E-state index in [-0.39, 0.29) is 32.0 Å². The minimum absolute atomic E-state index is 0.0960. The van der Waals surface area contributed by atoms with Crippen LogP contribution in [0.2, 0.25) is 0 Å². The average Bonchev–Trinajstić information content (AvgIpc) is 3.18. The summed E-state index contributed by atoms with van der Waals surface area (Å²) in [6.07, 6.45) is -1.38. The van der Waals surface area contributed by atoms with Crippen molar-refractivity contribution in [1.82, 2.24) is 20.4 Å². The highest BCUT2D eigenvalue weighted by Crippen LogP contribution is 2.26. The van der Waals surface area contributed by atoms with Crippen molar-refractivity contribution < 1.29 is 23.5 Å². The van der Waals surface area contributed by atoms with Crippen LogP contribution in [0.1, 0.15) is 57.6 Å². The first-order valence-corrected chi connectivity index (χ1v) is 8.62. The number of hydrogen-bond acceptors (Lipinski definition) is 7. The first kappa shape index (κ1) is 20.4. The maximum absolute atomic E-state index is 13.9. The molecule has 2 N–H and O–H groups in total. The van der Waals surface area contributed by atoms with Crippen LogP contribution in [0.3, 0.4) is 0 Å². The standard InChI is InChI=1S/C17H27FN4O4/c1-16(2,3)15-21-20-14(26-15)13(25)11-6-10(18)8-22(11)12(24)7-19-17(4,5)9-23/h10-11,19,23H,6-9H2,1-5H3/t10-,11?/m0/s1. The number of Topliss-reactive ketones (excluding diaryl/α,β-unsaturated/α-hetero) is 1. The van der Waals surface area contributed by atoms with Crippen molar-refractivity contribution in [1.29, 1.82) is 0 Å². The summed E-state index contributed by atoms with van der Waals surface area (Å²) in [5.74, 6) is -0.876. The SMILES string of the molecule is CC(C)(CO)NCC(=O)N1C[C@@H](F)CC1C(=O)c1nnc(C(C)(C)C)o1. The summed E-state index contributed by atoms with van der Waals surface area (Å²) < 4.78 is 19.4. The van der Waals surface area contributed by atoms with Crippen molar-refractivity contribution in [2.45, 2.75) is 64.2 Å². The lowest BCUT2D eigenvalue weighted by molar-refractivity contribution is -0.131. The lowest BCUT2D eigenvalue weighted by Gasteiger charge is -2.27. The van der Waals surface area contributed by atoms with Gasteiger partial charge in [-0.25, -0.2) is 4.39 Å². The van der Waals surface area contributed by atoms with Crippen molar-refractivity contribution in [2.75, 3.05) is 19.7 Å². The van der Waals surface area contributed by atoms with E-state index in [9.17, 15) is 19.1 Å². The summed E-state index contributed by atoms with van der Waals surface area (Å²) in [5.41, 5.74) is -1.07. The molecule has 1 fully saturated rings. The number of carbonyl (C=O) groups excluding carboxylic acids is 2.